The molecule has 2 heterocycles. The van der Waals surface area contributed by atoms with Crippen molar-refractivity contribution >= 4 is 27.3 Å². The summed E-state index contributed by atoms with van der Waals surface area (Å²) >= 11 is 5.16. The molecule has 0 aromatic carbocycles. The van der Waals surface area contributed by atoms with Gasteiger partial charge in [0.1, 0.15) is 0 Å². The maximum absolute atomic E-state index is 5.59. The zero-order valence-electron chi connectivity index (χ0n) is 8.14. The van der Waals surface area contributed by atoms with Gasteiger partial charge in [0.05, 0.1) is 24.3 Å². The number of nitrogens with two attached hydrogens (primary N) is 1. The lowest BCUT2D eigenvalue weighted by Gasteiger charge is -2.15. The molecular weight excluding hydrogens is 276 g/mol. The van der Waals surface area contributed by atoms with Gasteiger partial charge in [-0.2, -0.15) is 0 Å². The van der Waals surface area contributed by atoms with Crippen LogP contribution < -0.4 is 11.3 Å². The highest BCUT2D eigenvalue weighted by Gasteiger charge is 2.19. The molecule has 0 radical (unpaired) electrons. The third-order valence-electron chi connectivity index (χ3n) is 2.22. The van der Waals surface area contributed by atoms with Crippen LogP contribution in [0, 0.1) is 0 Å². The van der Waals surface area contributed by atoms with Crippen molar-refractivity contribution < 1.29 is 0 Å². The first-order valence-corrected chi connectivity index (χ1v) is 6.06. The van der Waals surface area contributed by atoms with Gasteiger partial charge in [-0.1, -0.05) is 0 Å². The first-order valence-electron chi connectivity index (χ1n) is 4.39. The average Bonchev–Trinajstić information content (AvgIpc) is 2.80. The SMILES string of the molecule is Cn1cncc1C(NN)c1sccc1Br. The van der Waals surface area contributed by atoms with Crippen LogP contribution in [0.25, 0.3) is 0 Å². The number of hydrogen-bond donors (Lipinski definition) is 2. The van der Waals surface area contributed by atoms with E-state index in [1.807, 2.05) is 29.3 Å². The van der Waals surface area contributed by atoms with E-state index in [2.05, 4.69) is 26.3 Å². The van der Waals surface area contributed by atoms with Crippen LogP contribution in [0.1, 0.15) is 16.6 Å². The number of nitrogens with zero attached hydrogens (tertiary/aromatic N) is 2. The van der Waals surface area contributed by atoms with E-state index < -0.39 is 0 Å². The minimum Gasteiger partial charge on any atom is -0.336 e. The summed E-state index contributed by atoms with van der Waals surface area (Å²) in [6.07, 6.45) is 3.58. The van der Waals surface area contributed by atoms with Gasteiger partial charge in [0.15, 0.2) is 0 Å². The Hall–Kier alpha value is -0.690. The first kappa shape index (κ1) is 10.8. The number of aromatic nitrogens is 2. The lowest BCUT2D eigenvalue weighted by atomic mass is 10.2. The van der Waals surface area contributed by atoms with Gasteiger partial charge in [-0.05, 0) is 27.4 Å². The first-order chi connectivity index (χ1) is 7.24. The summed E-state index contributed by atoms with van der Waals surface area (Å²) in [5, 5.41) is 2.03. The van der Waals surface area contributed by atoms with Crippen molar-refractivity contribution in [3.05, 3.63) is 39.0 Å². The molecule has 2 aromatic heterocycles. The van der Waals surface area contributed by atoms with Crippen LogP contribution in [0.4, 0.5) is 0 Å². The van der Waals surface area contributed by atoms with Gasteiger partial charge in [0, 0.05) is 16.4 Å². The maximum Gasteiger partial charge on any atom is 0.0980 e. The molecule has 0 fully saturated rings. The Labute approximate surface area is 100 Å². The van der Waals surface area contributed by atoms with Gasteiger partial charge < -0.3 is 4.57 Å². The third kappa shape index (κ3) is 1.98. The summed E-state index contributed by atoms with van der Waals surface area (Å²) in [7, 11) is 1.95. The van der Waals surface area contributed by atoms with Crippen molar-refractivity contribution in [3.8, 4) is 0 Å². The molecular formula is C9H11BrN4S. The Morgan fingerprint density at radius 2 is 2.47 bits per heavy atom. The minimum absolute atomic E-state index is 0.0214. The predicted molar refractivity (Wildman–Crippen MR) is 64.4 cm³/mol. The number of halogens is 1. The van der Waals surface area contributed by atoms with Gasteiger partial charge in [-0.25, -0.2) is 10.4 Å². The number of hydrogen-bond acceptors (Lipinski definition) is 4. The van der Waals surface area contributed by atoms with Crippen molar-refractivity contribution in [2.75, 3.05) is 0 Å². The number of thiophene rings is 1. The molecule has 2 rings (SSSR count). The highest BCUT2D eigenvalue weighted by Crippen LogP contribution is 2.32. The molecule has 0 bridgehead atoms. The van der Waals surface area contributed by atoms with E-state index in [1.54, 1.807) is 17.7 Å². The van der Waals surface area contributed by atoms with Crippen LogP contribution in [0.3, 0.4) is 0 Å². The second kappa shape index (κ2) is 4.44. The third-order valence-corrected chi connectivity index (χ3v) is 4.16. The van der Waals surface area contributed by atoms with E-state index in [1.165, 1.54) is 0 Å². The molecule has 15 heavy (non-hydrogen) atoms. The molecule has 4 nitrogen and oxygen atoms in total. The predicted octanol–water partition coefficient (Wildman–Crippen LogP) is 1.80. The van der Waals surface area contributed by atoms with Gasteiger partial charge in [-0.15, -0.1) is 11.3 Å². The molecule has 6 heteroatoms. The fourth-order valence-corrected chi connectivity index (χ4v) is 3.13. The summed E-state index contributed by atoms with van der Waals surface area (Å²) in [4.78, 5) is 5.24. The number of aryl methyl sites for hydroxylation is 1. The summed E-state index contributed by atoms with van der Waals surface area (Å²) in [5.41, 5.74) is 3.85. The maximum atomic E-state index is 5.59. The van der Waals surface area contributed by atoms with Gasteiger partial charge in [0.25, 0.3) is 0 Å². The van der Waals surface area contributed by atoms with Gasteiger partial charge >= 0.3 is 0 Å². The topological polar surface area (TPSA) is 55.9 Å². The molecule has 0 aliphatic carbocycles. The van der Waals surface area contributed by atoms with E-state index in [0.29, 0.717) is 0 Å². The second-order valence-electron chi connectivity index (χ2n) is 3.16. The van der Waals surface area contributed by atoms with Crippen LogP contribution in [0.5, 0.6) is 0 Å². The molecule has 0 saturated heterocycles. The molecule has 0 aliphatic rings. The highest BCUT2D eigenvalue weighted by molar-refractivity contribution is 9.10. The molecule has 0 amide bonds. The van der Waals surface area contributed by atoms with Crippen molar-refractivity contribution in [3.63, 3.8) is 0 Å². The van der Waals surface area contributed by atoms with E-state index >= 15 is 0 Å². The average molecular weight is 287 g/mol. The van der Waals surface area contributed by atoms with Crippen LogP contribution in [-0.2, 0) is 7.05 Å². The largest absolute Gasteiger partial charge is 0.336 e. The van der Waals surface area contributed by atoms with Crippen molar-refractivity contribution in [2.24, 2.45) is 12.9 Å². The Bertz CT molecular complexity index is 410. The van der Waals surface area contributed by atoms with E-state index in [9.17, 15) is 0 Å². The van der Waals surface area contributed by atoms with Crippen LogP contribution in [0.2, 0.25) is 0 Å². The molecule has 2 aromatic rings. The molecule has 0 spiro atoms. The quantitative estimate of drug-likeness (QED) is 0.668. The summed E-state index contributed by atoms with van der Waals surface area (Å²) in [6, 6.07) is 1.99. The summed E-state index contributed by atoms with van der Waals surface area (Å²) in [5.74, 6) is 5.59. The fourth-order valence-electron chi connectivity index (χ4n) is 1.45. The van der Waals surface area contributed by atoms with E-state index in [0.717, 1.165) is 15.0 Å². The van der Waals surface area contributed by atoms with Crippen LogP contribution in [0.15, 0.2) is 28.4 Å². The van der Waals surface area contributed by atoms with Crippen LogP contribution in [-0.4, -0.2) is 9.55 Å². The summed E-state index contributed by atoms with van der Waals surface area (Å²) in [6.45, 7) is 0. The van der Waals surface area contributed by atoms with Gasteiger partial charge in [0.2, 0.25) is 0 Å². The Morgan fingerprint density at radius 3 is 2.93 bits per heavy atom. The number of imidazole rings is 1. The Kier molecular flexibility index (Phi) is 3.20. The zero-order chi connectivity index (χ0) is 10.8. The normalized spacial score (nSPS) is 13.0. The minimum atomic E-state index is -0.0214. The Balaban J connectivity index is 2.41. The molecule has 3 N–H and O–H groups in total. The lowest BCUT2D eigenvalue weighted by Crippen LogP contribution is -2.29. The number of nitrogens with one attached hydrogen (secondary N) is 1. The Morgan fingerprint density at radius 1 is 1.67 bits per heavy atom. The molecule has 0 saturated carbocycles. The van der Waals surface area contributed by atoms with Crippen molar-refractivity contribution in [1.29, 1.82) is 0 Å². The van der Waals surface area contributed by atoms with Crippen LogP contribution >= 0.6 is 27.3 Å². The zero-order valence-corrected chi connectivity index (χ0v) is 10.5. The molecule has 80 valence electrons. The van der Waals surface area contributed by atoms with Gasteiger partial charge in [-0.3, -0.25) is 5.84 Å². The van der Waals surface area contributed by atoms with Crippen molar-refractivity contribution in [2.45, 2.75) is 6.04 Å². The summed E-state index contributed by atoms with van der Waals surface area (Å²) < 4.78 is 3.02. The highest BCUT2D eigenvalue weighted by atomic mass is 79.9. The number of hydrazine groups is 1. The van der Waals surface area contributed by atoms with E-state index in [-0.39, 0.29) is 6.04 Å². The standard InChI is InChI=1S/C9H11BrN4S/c1-14-5-12-4-7(14)8(13-11)9-6(10)2-3-15-9/h2-5,8,13H,11H2,1H3. The molecule has 1 unspecified atom stereocenters. The smallest absolute Gasteiger partial charge is 0.0980 e. The van der Waals surface area contributed by atoms with Crippen molar-refractivity contribution in [1.82, 2.24) is 15.0 Å². The molecule has 0 aliphatic heterocycles. The number of rotatable bonds is 3. The second-order valence-corrected chi connectivity index (χ2v) is 4.96. The fraction of sp³-hybridized carbons (Fsp3) is 0.222. The molecule has 1 atom stereocenters. The lowest BCUT2D eigenvalue weighted by molar-refractivity contribution is 0.604. The monoisotopic (exact) mass is 286 g/mol. The van der Waals surface area contributed by atoms with E-state index in [4.69, 9.17) is 5.84 Å².